The number of para-hydroxylation sites is 1. The van der Waals surface area contributed by atoms with Gasteiger partial charge in [-0.3, -0.25) is 4.79 Å². The zero-order chi connectivity index (χ0) is 15.9. The van der Waals surface area contributed by atoms with Crippen molar-refractivity contribution in [1.82, 2.24) is 14.9 Å². The number of amides is 1. The third-order valence-electron chi connectivity index (χ3n) is 5.07. The zero-order valence-electron chi connectivity index (χ0n) is 13.3. The smallest absolute Gasteiger partial charge is 0.270 e. The van der Waals surface area contributed by atoms with Crippen molar-refractivity contribution in [1.29, 1.82) is 0 Å². The Kier molecular flexibility index (Phi) is 3.36. The number of fused-ring (bicyclic) bond motifs is 1. The molecule has 1 aromatic heterocycles. The summed E-state index contributed by atoms with van der Waals surface area (Å²) in [6.07, 6.45) is 8.62. The van der Waals surface area contributed by atoms with E-state index in [0.717, 1.165) is 30.6 Å². The molecule has 1 spiro atoms. The topological polar surface area (TPSA) is 56.2 Å². The number of carbonyl (C=O) groups is 1. The van der Waals surface area contributed by atoms with Crippen LogP contribution in [0.5, 0.6) is 5.75 Å². The van der Waals surface area contributed by atoms with E-state index in [9.17, 15) is 4.79 Å². The number of hydrogen-bond acceptors (Lipinski definition) is 3. The van der Waals surface area contributed by atoms with Crippen molar-refractivity contribution < 1.29 is 9.53 Å². The molecule has 1 aliphatic carbocycles. The fraction of sp³-hybridized carbons (Fsp3) is 0.444. The van der Waals surface area contributed by atoms with Crippen LogP contribution in [-0.4, -0.2) is 21.1 Å². The zero-order valence-corrected chi connectivity index (χ0v) is 13.3. The van der Waals surface area contributed by atoms with E-state index in [2.05, 4.69) is 10.3 Å². The van der Waals surface area contributed by atoms with E-state index in [1.54, 1.807) is 17.1 Å². The Balaban J connectivity index is 1.64. The molecular formula is C18H21N3O2. The highest BCUT2D eigenvalue weighted by atomic mass is 16.5. The Morgan fingerprint density at radius 1 is 1.35 bits per heavy atom. The highest BCUT2D eigenvalue weighted by Gasteiger charge is 2.43. The average Bonchev–Trinajstić information content (AvgIpc) is 3.16. The highest BCUT2D eigenvalue weighted by Crippen LogP contribution is 2.47. The van der Waals surface area contributed by atoms with Gasteiger partial charge >= 0.3 is 0 Å². The van der Waals surface area contributed by atoms with E-state index in [-0.39, 0.29) is 17.6 Å². The number of ether oxygens (including phenoxy) is 1. The molecule has 120 valence electrons. The summed E-state index contributed by atoms with van der Waals surface area (Å²) in [5, 5.41) is 3.19. The molecule has 0 radical (unpaired) electrons. The summed E-state index contributed by atoms with van der Waals surface area (Å²) in [5.74, 6) is 0.829. The minimum Gasteiger partial charge on any atom is -0.487 e. The molecule has 1 fully saturated rings. The summed E-state index contributed by atoms with van der Waals surface area (Å²) in [6, 6.07) is 8.04. The normalized spacial score (nSPS) is 21.7. The standard InChI is InChI=1S/C18H21N3O2/c1-21-12-19-11-15(21)17(22)20-14-10-18(8-4-5-9-18)23-16-7-3-2-6-13(14)16/h2-3,6-7,11-12,14H,4-5,8-10H2,1H3,(H,20,22). The van der Waals surface area contributed by atoms with E-state index in [0.29, 0.717) is 5.69 Å². The second kappa shape index (κ2) is 5.41. The number of carbonyl (C=O) groups excluding carboxylic acids is 1. The van der Waals surface area contributed by atoms with E-state index >= 15 is 0 Å². The van der Waals surface area contributed by atoms with Crippen molar-refractivity contribution in [3.05, 3.63) is 48.0 Å². The van der Waals surface area contributed by atoms with Crippen LogP contribution in [0.15, 0.2) is 36.8 Å². The maximum Gasteiger partial charge on any atom is 0.270 e. The SMILES string of the molecule is Cn1cncc1C(=O)NC1CC2(CCCC2)Oc2ccccc21. The number of aryl methyl sites for hydroxylation is 1. The van der Waals surface area contributed by atoms with Crippen LogP contribution in [0.25, 0.3) is 0 Å². The van der Waals surface area contributed by atoms with E-state index < -0.39 is 0 Å². The van der Waals surface area contributed by atoms with Crippen LogP contribution in [0.3, 0.4) is 0 Å². The van der Waals surface area contributed by atoms with Gasteiger partial charge in [-0.2, -0.15) is 0 Å². The van der Waals surface area contributed by atoms with Gasteiger partial charge in [0.25, 0.3) is 5.91 Å². The van der Waals surface area contributed by atoms with Crippen molar-refractivity contribution in [2.24, 2.45) is 7.05 Å². The lowest BCUT2D eigenvalue weighted by Gasteiger charge is -2.40. The van der Waals surface area contributed by atoms with Crippen LogP contribution >= 0.6 is 0 Å². The third kappa shape index (κ3) is 2.50. The fourth-order valence-electron chi connectivity index (χ4n) is 3.88. The predicted octanol–water partition coefficient (Wildman–Crippen LogP) is 2.99. The van der Waals surface area contributed by atoms with Gasteiger partial charge in [-0.15, -0.1) is 0 Å². The molecule has 0 bridgehead atoms. The second-order valence-corrected chi connectivity index (χ2v) is 6.65. The highest BCUT2D eigenvalue weighted by molar-refractivity contribution is 5.92. The maximum absolute atomic E-state index is 12.6. The molecule has 1 aromatic carbocycles. The predicted molar refractivity (Wildman–Crippen MR) is 86.3 cm³/mol. The Labute approximate surface area is 135 Å². The first-order chi connectivity index (χ1) is 11.2. The van der Waals surface area contributed by atoms with Gasteiger partial charge in [0, 0.05) is 19.0 Å². The molecule has 1 N–H and O–H groups in total. The molecule has 2 heterocycles. The van der Waals surface area contributed by atoms with Crippen LogP contribution < -0.4 is 10.1 Å². The lowest BCUT2D eigenvalue weighted by atomic mass is 9.86. The van der Waals surface area contributed by atoms with E-state index in [1.807, 2.05) is 31.3 Å². The first kappa shape index (κ1) is 14.3. The van der Waals surface area contributed by atoms with Crippen LogP contribution in [0.2, 0.25) is 0 Å². The van der Waals surface area contributed by atoms with Crippen LogP contribution in [0, 0.1) is 0 Å². The van der Waals surface area contributed by atoms with Gasteiger partial charge in [-0.1, -0.05) is 18.2 Å². The quantitative estimate of drug-likeness (QED) is 0.927. The van der Waals surface area contributed by atoms with Crippen molar-refractivity contribution in [3.8, 4) is 5.75 Å². The number of imidazole rings is 1. The first-order valence-electron chi connectivity index (χ1n) is 8.22. The summed E-state index contributed by atoms with van der Waals surface area (Å²) in [7, 11) is 1.83. The molecule has 0 saturated heterocycles. The van der Waals surface area contributed by atoms with Gasteiger partial charge in [0.15, 0.2) is 0 Å². The van der Waals surface area contributed by atoms with Gasteiger partial charge in [0.05, 0.1) is 18.6 Å². The Morgan fingerprint density at radius 2 is 2.13 bits per heavy atom. The Hall–Kier alpha value is -2.30. The summed E-state index contributed by atoms with van der Waals surface area (Å²) in [5.41, 5.74) is 1.54. The number of rotatable bonds is 2. The molecule has 1 unspecified atom stereocenters. The number of benzene rings is 1. The minimum absolute atomic E-state index is 0.0135. The van der Waals surface area contributed by atoms with Gasteiger partial charge in [-0.25, -0.2) is 4.98 Å². The number of aromatic nitrogens is 2. The van der Waals surface area contributed by atoms with Gasteiger partial charge < -0.3 is 14.6 Å². The lowest BCUT2D eigenvalue weighted by molar-refractivity contribution is 0.0359. The first-order valence-corrected chi connectivity index (χ1v) is 8.22. The lowest BCUT2D eigenvalue weighted by Crippen LogP contribution is -2.43. The molecule has 4 rings (SSSR count). The third-order valence-corrected chi connectivity index (χ3v) is 5.07. The summed E-state index contributed by atoms with van der Waals surface area (Å²) in [4.78, 5) is 16.6. The number of nitrogens with one attached hydrogen (secondary N) is 1. The molecule has 1 aliphatic heterocycles. The van der Waals surface area contributed by atoms with Crippen molar-refractivity contribution in [3.63, 3.8) is 0 Å². The molecule has 23 heavy (non-hydrogen) atoms. The Bertz CT molecular complexity index is 731. The molecule has 2 aromatic rings. The van der Waals surface area contributed by atoms with Crippen LogP contribution in [0.4, 0.5) is 0 Å². The maximum atomic E-state index is 12.6. The van der Waals surface area contributed by atoms with Crippen molar-refractivity contribution in [2.45, 2.75) is 43.7 Å². The molecule has 5 nitrogen and oxygen atoms in total. The second-order valence-electron chi connectivity index (χ2n) is 6.65. The summed E-state index contributed by atoms with van der Waals surface area (Å²) in [6.45, 7) is 0. The van der Waals surface area contributed by atoms with E-state index in [4.69, 9.17) is 4.74 Å². The minimum atomic E-state index is -0.112. The van der Waals surface area contributed by atoms with Gasteiger partial charge in [0.2, 0.25) is 0 Å². The van der Waals surface area contributed by atoms with Crippen LogP contribution in [-0.2, 0) is 7.05 Å². The van der Waals surface area contributed by atoms with E-state index in [1.165, 1.54) is 12.8 Å². The molecule has 2 aliphatic rings. The molecule has 5 heteroatoms. The summed E-state index contributed by atoms with van der Waals surface area (Å²) >= 11 is 0. The number of nitrogens with zero attached hydrogens (tertiary/aromatic N) is 2. The van der Waals surface area contributed by atoms with Gasteiger partial charge in [0.1, 0.15) is 17.0 Å². The Morgan fingerprint density at radius 3 is 2.87 bits per heavy atom. The van der Waals surface area contributed by atoms with Crippen LogP contribution in [0.1, 0.15) is 54.2 Å². The number of hydrogen-bond donors (Lipinski definition) is 1. The monoisotopic (exact) mass is 311 g/mol. The average molecular weight is 311 g/mol. The fourth-order valence-corrected chi connectivity index (χ4v) is 3.88. The molecule has 1 atom stereocenters. The van der Waals surface area contributed by atoms with Crippen molar-refractivity contribution >= 4 is 5.91 Å². The molecule has 1 amide bonds. The van der Waals surface area contributed by atoms with Gasteiger partial charge in [-0.05, 0) is 31.7 Å². The molecule has 1 saturated carbocycles. The summed E-state index contributed by atoms with van der Waals surface area (Å²) < 4.78 is 8.08. The largest absolute Gasteiger partial charge is 0.487 e. The molecular weight excluding hydrogens is 290 g/mol. The van der Waals surface area contributed by atoms with Crippen molar-refractivity contribution in [2.75, 3.05) is 0 Å².